The van der Waals surface area contributed by atoms with E-state index in [0.29, 0.717) is 18.7 Å². The smallest absolute Gasteiger partial charge is 0.264 e. The van der Waals surface area contributed by atoms with Crippen LogP contribution >= 0.6 is 22.6 Å². The summed E-state index contributed by atoms with van der Waals surface area (Å²) in [6.45, 7) is 0. The van der Waals surface area contributed by atoms with Crippen molar-refractivity contribution in [1.82, 2.24) is 15.2 Å². The number of H-pyrrole nitrogens is 1. The van der Waals surface area contributed by atoms with Crippen molar-refractivity contribution < 1.29 is 12.8 Å². The lowest BCUT2D eigenvalue weighted by Gasteiger charge is -2.04. The van der Waals surface area contributed by atoms with Crippen LogP contribution in [0.2, 0.25) is 0 Å². The quantitative estimate of drug-likeness (QED) is 0.570. The van der Waals surface area contributed by atoms with Gasteiger partial charge in [0.15, 0.2) is 0 Å². The van der Waals surface area contributed by atoms with Gasteiger partial charge < -0.3 is 4.42 Å². The summed E-state index contributed by atoms with van der Waals surface area (Å²) in [7, 11) is -3.70. The number of aromatic amines is 1. The summed E-state index contributed by atoms with van der Waals surface area (Å²) in [5.41, 5.74) is 0. The van der Waals surface area contributed by atoms with E-state index >= 15 is 0 Å². The van der Waals surface area contributed by atoms with Gasteiger partial charge in [-0.3, -0.25) is 5.10 Å². The van der Waals surface area contributed by atoms with Gasteiger partial charge in [0.1, 0.15) is 11.6 Å². The van der Waals surface area contributed by atoms with Crippen LogP contribution in [0.15, 0.2) is 52.0 Å². The first-order valence-corrected chi connectivity index (χ1v) is 9.31. The number of aromatic nitrogens is 3. The number of hydrogen-bond donors (Lipinski definition) is 2. The topological polar surface area (TPSA) is 101 Å². The van der Waals surface area contributed by atoms with Crippen LogP contribution < -0.4 is 4.72 Å². The molecule has 23 heavy (non-hydrogen) atoms. The van der Waals surface area contributed by atoms with E-state index in [0.717, 1.165) is 9.33 Å². The molecular formula is C14H13IN4O3S. The van der Waals surface area contributed by atoms with Gasteiger partial charge in [-0.2, -0.15) is 4.98 Å². The lowest BCUT2D eigenvalue weighted by molar-refractivity contribution is 0.506. The van der Waals surface area contributed by atoms with Gasteiger partial charge in [0, 0.05) is 16.4 Å². The fraction of sp³-hybridized carbons (Fsp3) is 0.143. The predicted octanol–water partition coefficient (Wildman–Crippen LogP) is 2.59. The predicted molar refractivity (Wildman–Crippen MR) is 92.5 cm³/mol. The number of aryl methyl sites for hydroxylation is 2. The third-order valence-corrected chi connectivity index (χ3v) is 5.05. The highest BCUT2D eigenvalue weighted by atomic mass is 127. The normalized spacial score (nSPS) is 11.5. The first-order chi connectivity index (χ1) is 11.0. The number of sulfonamides is 1. The largest absolute Gasteiger partial charge is 0.469 e. The molecule has 0 saturated heterocycles. The molecule has 2 aromatic heterocycles. The number of nitrogens with one attached hydrogen (secondary N) is 2. The van der Waals surface area contributed by atoms with E-state index in [2.05, 4.69) is 42.5 Å². The zero-order chi connectivity index (χ0) is 16.3. The molecule has 0 spiro atoms. The Balaban J connectivity index is 1.68. The van der Waals surface area contributed by atoms with Gasteiger partial charge >= 0.3 is 0 Å². The van der Waals surface area contributed by atoms with Gasteiger partial charge in [0.25, 0.3) is 16.0 Å². The van der Waals surface area contributed by atoms with Crippen molar-refractivity contribution in [3.63, 3.8) is 0 Å². The first kappa shape index (κ1) is 16.0. The molecule has 0 unspecified atom stereocenters. The van der Waals surface area contributed by atoms with Crippen LogP contribution in [-0.4, -0.2) is 23.6 Å². The van der Waals surface area contributed by atoms with Crippen molar-refractivity contribution >= 4 is 38.6 Å². The second-order valence-corrected chi connectivity index (χ2v) is 7.68. The Morgan fingerprint density at radius 3 is 2.83 bits per heavy atom. The molecule has 0 aliphatic rings. The third kappa shape index (κ3) is 4.10. The van der Waals surface area contributed by atoms with Crippen molar-refractivity contribution in [2.45, 2.75) is 17.7 Å². The highest BCUT2D eigenvalue weighted by molar-refractivity contribution is 14.1. The summed E-state index contributed by atoms with van der Waals surface area (Å²) in [5.74, 6) is 1.45. The molecule has 7 nitrogen and oxygen atoms in total. The number of rotatable bonds is 6. The summed E-state index contributed by atoms with van der Waals surface area (Å²) in [6.07, 6.45) is 2.84. The summed E-state index contributed by atoms with van der Waals surface area (Å²) >= 11 is 2.06. The molecule has 0 amide bonds. The number of benzene rings is 1. The minimum atomic E-state index is -3.70. The Hall–Kier alpha value is -1.88. The molecule has 120 valence electrons. The molecule has 3 rings (SSSR count). The van der Waals surface area contributed by atoms with Crippen LogP contribution in [0.25, 0.3) is 0 Å². The Morgan fingerprint density at radius 2 is 2.09 bits per heavy atom. The Labute approximate surface area is 146 Å². The Kier molecular flexibility index (Phi) is 4.66. The van der Waals surface area contributed by atoms with E-state index in [1.54, 1.807) is 18.4 Å². The average molecular weight is 444 g/mol. The molecule has 0 saturated carbocycles. The molecule has 0 aliphatic carbocycles. The van der Waals surface area contributed by atoms with Crippen molar-refractivity contribution in [2.24, 2.45) is 0 Å². The van der Waals surface area contributed by atoms with E-state index in [1.165, 1.54) is 6.07 Å². The van der Waals surface area contributed by atoms with E-state index in [4.69, 9.17) is 4.42 Å². The fourth-order valence-electron chi connectivity index (χ4n) is 1.96. The van der Waals surface area contributed by atoms with E-state index in [-0.39, 0.29) is 10.8 Å². The number of anilines is 1. The van der Waals surface area contributed by atoms with Crippen LogP contribution in [0, 0.1) is 3.57 Å². The minimum absolute atomic E-state index is 0.0262. The molecule has 0 aliphatic heterocycles. The minimum Gasteiger partial charge on any atom is -0.469 e. The zero-order valence-corrected chi connectivity index (χ0v) is 14.8. The first-order valence-electron chi connectivity index (χ1n) is 6.75. The molecule has 0 fully saturated rings. The maximum atomic E-state index is 12.3. The van der Waals surface area contributed by atoms with Crippen LogP contribution in [-0.2, 0) is 22.9 Å². The van der Waals surface area contributed by atoms with Gasteiger partial charge in [-0.05, 0) is 52.9 Å². The molecule has 0 radical (unpaired) electrons. The second kappa shape index (κ2) is 6.71. The lowest BCUT2D eigenvalue weighted by Crippen LogP contribution is -2.14. The molecule has 2 heterocycles. The van der Waals surface area contributed by atoms with E-state index in [1.807, 2.05) is 18.2 Å². The molecule has 3 aromatic rings. The van der Waals surface area contributed by atoms with Crippen LogP contribution in [0.1, 0.15) is 11.6 Å². The van der Waals surface area contributed by atoms with Crippen molar-refractivity contribution in [2.75, 3.05) is 4.72 Å². The van der Waals surface area contributed by atoms with Crippen LogP contribution in [0.5, 0.6) is 0 Å². The van der Waals surface area contributed by atoms with Crippen molar-refractivity contribution in [3.8, 4) is 0 Å². The summed E-state index contributed by atoms with van der Waals surface area (Å²) in [6, 6.07) is 10.3. The number of furan rings is 1. The van der Waals surface area contributed by atoms with E-state index < -0.39 is 10.0 Å². The monoisotopic (exact) mass is 444 g/mol. The maximum absolute atomic E-state index is 12.3. The van der Waals surface area contributed by atoms with Crippen molar-refractivity contribution in [1.29, 1.82) is 0 Å². The number of hydrogen-bond acceptors (Lipinski definition) is 5. The molecule has 1 aromatic carbocycles. The SMILES string of the molecule is O=S(=O)(Nc1n[nH]c(CCc2ccco2)n1)c1cccc(I)c1. The number of halogens is 1. The Bertz CT molecular complexity index is 890. The lowest BCUT2D eigenvalue weighted by atomic mass is 10.2. The maximum Gasteiger partial charge on any atom is 0.264 e. The van der Waals surface area contributed by atoms with Gasteiger partial charge in [0.05, 0.1) is 11.2 Å². The van der Waals surface area contributed by atoms with Gasteiger partial charge in [-0.1, -0.05) is 6.07 Å². The standard InChI is InChI=1S/C14H13IN4O3S/c15-10-3-1-5-12(9-10)23(20,21)19-14-16-13(17-18-14)7-6-11-4-2-8-22-11/h1-5,8-9H,6-7H2,(H2,16,17,18,19). The summed E-state index contributed by atoms with van der Waals surface area (Å²) in [5, 5.41) is 6.61. The highest BCUT2D eigenvalue weighted by Crippen LogP contribution is 2.16. The van der Waals surface area contributed by atoms with Gasteiger partial charge in [0.2, 0.25) is 0 Å². The molecule has 0 atom stereocenters. The molecular weight excluding hydrogens is 431 g/mol. The third-order valence-electron chi connectivity index (χ3n) is 3.05. The summed E-state index contributed by atoms with van der Waals surface area (Å²) < 4.78 is 33.0. The van der Waals surface area contributed by atoms with Gasteiger partial charge in [-0.25, -0.2) is 13.1 Å². The highest BCUT2D eigenvalue weighted by Gasteiger charge is 2.17. The van der Waals surface area contributed by atoms with Crippen LogP contribution in [0.4, 0.5) is 5.95 Å². The summed E-state index contributed by atoms with van der Waals surface area (Å²) in [4.78, 5) is 4.31. The number of nitrogens with zero attached hydrogens (tertiary/aromatic N) is 2. The fourth-order valence-corrected chi connectivity index (χ4v) is 3.71. The van der Waals surface area contributed by atoms with Crippen LogP contribution in [0.3, 0.4) is 0 Å². The molecule has 9 heteroatoms. The van der Waals surface area contributed by atoms with E-state index in [9.17, 15) is 8.42 Å². The zero-order valence-electron chi connectivity index (χ0n) is 11.9. The van der Waals surface area contributed by atoms with Gasteiger partial charge in [-0.15, -0.1) is 5.10 Å². The molecule has 0 bridgehead atoms. The average Bonchev–Trinajstić information content (AvgIpc) is 3.16. The second-order valence-electron chi connectivity index (χ2n) is 4.75. The Morgan fingerprint density at radius 1 is 1.22 bits per heavy atom. The van der Waals surface area contributed by atoms with Crippen molar-refractivity contribution in [3.05, 3.63) is 57.8 Å². The molecule has 2 N–H and O–H groups in total.